The minimum absolute atomic E-state index is 0.176. The van der Waals surface area contributed by atoms with E-state index in [4.69, 9.17) is 11.2 Å². The highest BCUT2D eigenvalue weighted by Gasteiger charge is 2.17. The topological polar surface area (TPSA) is 48.9 Å². The molecule has 5 nitrogen and oxygen atoms in total. The summed E-state index contributed by atoms with van der Waals surface area (Å²) in [7, 11) is 2.10. The largest absolute Gasteiger partial charge is 0.374 e. The van der Waals surface area contributed by atoms with Crippen molar-refractivity contribution in [2.24, 2.45) is 4.99 Å². The molecule has 0 radical (unpaired) electrons. The highest BCUT2D eigenvalue weighted by Crippen LogP contribution is 2.02. The van der Waals surface area contributed by atoms with Crippen LogP contribution in [0, 0.1) is 12.3 Å². The summed E-state index contributed by atoms with van der Waals surface area (Å²) < 4.78 is 5.64. The number of aliphatic imine (C=N–C) groups is 1. The van der Waals surface area contributed by atoms with Crippen LogP contribution < -0.4 is 10.6 Å². The zero-order chi connectivity index (χ0) is 12.5. The number of guanidine groups is 1. The summed E-state index contributed by atoms with van der Waals surface area (Å²) >= 11 is 0. The Labute approximate surface area is 104 Å². The Balaban J connectivity index is 2.38. The minimum Gasteiger partial charge on any atom is -0.374 e. The van der Waals surface area contributed by atoms with Crippen LogP contribution in [0.1, 0.15) is 6.92 Å². The smallest absolute Gasteiger partial charge is 0.192 e. The molecule has 0 amide bonds. The Hall–Kier alpha value is -1.25. The van der Waals surface area contributed by atoms with Crippen LogP contribution in [0.5, 0.6) is 0 Å². The molecular weight excluding hydrogens is 216 g/mol. The number of likely N-dealkylation sites (N-methyl/N-ethyl adjacent to an activating group) is 1. The van der Waals surface area contributed by atoms with E-state index in [-0.39, 0.29) is 6.10 Å². The van der Waals surface area contributed by atoms with Crippen molar-refractivity contribution in [1.29, 1.82) is 0 Å². The number of nitrogens with one attached hydrogen (secondary N) is 2. The third-order valence-corrected chi connectivity index (χ3v) is 2.50. The first-order chi connectivity index (χ1) is 8.26. The zero-order valence-electron chi connectivity index (χ0n) is 10.7. The number of rotatable bonds is 4. The maximum Gasteiger partial charge on any atom is 0.192 e. The van der Waals surface area contributed by atoms with Crippen LogP contribution in [0.4, 0.5) is 0 Å². The first-order valence-electron chi connectivity index (χ1n) is 6.02. The Morgan fingerprint density at radius 2 is 2.41 bits per heavy atom. The second-order valence-corrected chi connectivity index (χ2v) is 4.03. The van der Waals surface area contributed by atoms with Crippen LogP contribution >= 0.6 is 0 Å². The Morgan fingerprint density at radius 1 is 1.59 bits per heavy atom. The molecule has 1 atom stereocenters. The monoisotopic (exact) mass is 238 g/mol. The van der Waals surface area contributed by atoms with Crippen LogP contribution in [-0.4, -0.2) is 63.3 Å². The summed E-state index contributed by atoms with van der Waals surface area (Å²) in [6.07, 6.45) is 5.38. The first kappa shape index (κ1) is 13.8. The van der Waals surface area contributed by atoms with E-state index in [9.17, 15) is 0 Å². The van der Waals surface area contributed by atoms with Gasteiger partial charge in [-0.25, -0.2) is 0 Å². The highest BCUT2D eigenvalue weighted by atomic mass is 16.5. The van der Waals surface area contributed by atoms with Gasteiger partial charge in [0.05, 0.1) is 25.8 Å². The van der Waals surface area contributed by atoms with Gasteiger partial charge in [0.1, 0.15) is 0 Å². The van der Waals surface area contributed by atoms with E-state index in [1.54, 1.807) is 0 Å². The predicted octanol–water partition coefficient (Wildman–Crippen LogP) is -0.495. The normalized spacial score (nSPS) is 21.9. The summed E-state index contributed by atoms with van der Waals surface area (Å²) in [5.74, 6) is 3.28. The molecule has 1 aliphatic heterocycles. The van der Waals surface area contributed by atoms with Gasteiger partial charge in [-0.3, -0.25) is 4.99 Å². The molecule has 0 saturated carbocycles. The van der Waals surface area contributed by atoms with Gasteiger partial charge in [0, 0.05) is 19.6 Å². The van der Waals surface area contributed by atoms with Crippen molar-refractivity contribution in [2.45, 2.75) is 13.0 Å². The van der Waals surface area contributed by atoms with Crippen LogP contribution in [-0.2, 0) is 4.74 Å². The number of hydrogen-bond acceptors (Lipinski definition) is 3. The number of hydrogen-bond donors (Lipinski definition) is 2. The van der Waals surface area contributed by atoms with Gasteiger partial charge in [-0.05, 0) is 14.0 Å². The molecule has 2 N–H and O–H groups in total. The molecule has 1 rings (SSSR count). The summed E-state index contributed by atoms with van der Waals surface area (Å²) in [5.41, 5.74) is 0. The minimum atomic E-state index is 0.176. The molecule has 0 aromatic heterocycles. The summed E-state index contributed by atoms with van der Waals surface area (Å²) in [4.78, 5) is 6.71. The van der Waals surface area contributed by atoms with Gasteiger partial charge >= 0.3 is 0 Å². The van der Waals surface area contributed by atoms with Crippen LogP contribution in [0.15, 0.2) is 4.99 Å². The van der Waals surface area contributed by atoms with Gasteiger partial charge in [0.2, 0.25) is 0 Å². The maximum atomic E-state index is 5.64. The van der Waals surface area contributed by atoms with Crippen molar-refractivity contribution in [3.05, 3.63) is 0 Å². The second-order valence-electron chi connectivity index (χ2n) is 4.03. The van der Waals surface area contributed by atoms with Gasteiger partial charge < -0.3 is 20.3 Å². The lowest BCUT2D eigenvalue weighted by atomic mass is 10.3. The van der Waals surface area contributed by atoms with E-state index in [1.165, 1.54) is 0 Å². The number of morpholine rings is 1. The Bertz CT molecular complexity index is 285. The van der Waals surface area contributed by atoms with Crippen LogP contribution in [0.2, 0.25) is 0 Å². The first-order valence-corrected chi connectivity index (χ1v) is 6.02. The Kier molecular flexibility index (Phi) is 6.45. The molecule has 0 bridgehead atoms. The molecule has 0 spiro atoms. The lowest BCUT2D eigenvalue weighted by molar-refractivity contribution is -0.0136. The van der Waals surface area contributed by atoms with Gasteiger partial charge in [0.25, 0.3) is 0 Å². The van der Waals surface area contributed by atoms with Crippen molar-refractivity contribution in [3.8, 4) is 12.3 Å². The quantitative estimate of drug-likeness (QED) is 0.394. The molecule has 1 heterocycles. The van der Waals surface area contributed by atoms with Gasteiger partial charge in [-0.2, -0.15) is 0 Å². The molecule has 5 heteroatoms. The molecule has 0 aliphatic carbocycles. The molecule has 0 aromatic carbocycles. The van der Waals surface area contributed by atoms with Crippen molar-refractivity contribution in [3.63, 3.8) is 0 Å². The fraction of sp³-hybridized carbons (Fsp3) is 0.750. The Morgan fingerprint density at radius 3 is 3.06 bits per heavy atom. The van der Waals surface area contributed by atoms with Crippen LogP contribution in [0.25, 0.3) is 0 Å². The van der Waals surface area contributed by atoms with Crippen molar-refractivity contribution >= 4 is 5.96 Å². The summed E-state index contributed by atoms with van der Waals surface area (Å²) in [5, 5.41) is 6.20. The second kappa shape index (κ2) is 7.93. The standard InChI is InChI=1S/C12H22N4O/c1-4-6-14-12(13-5-2)15-9-11-10-16(3)7-8-17-11/h1,11H,5-10H2,2-3H3,(H2,13,14,15). The van der Waals surface area contributed by atoms with Crippen molar-refractivity contribution < 1.29 is 4.74 Å². The lowest BCUT2D eigenvalue weighted by Gasteiger charge is -2.29. The van der Waals surface area contributed by atoms with E-state index in [1.807, 2.05) is 6.92 Å². The van der Waals surface area contributed by atoms with Gasteiger partial charge in [-0.1, -0.05) is 5.92 Å². The van der Waals surface area contributed by atoms with Crippen molar-refractivity contribution in [2.75, 3.05) is 46.4 Å². The van der Waals surface area contributed by atoms with E-state index in [0.717, 1.165) is 32.2 Å². The molecule has 1 fully saturated rings. The van der Waals surface area contributed by atoms with E-state index < -0.39 is 0 Å². The van der Waals surface area contributed by atoms with E-state index in [2.05, 4.69) is 33.5 Å². The number of nitrogens with zero attached hydrogens (tertiary/aromatic N) is 2. The summed E-state index contributed by atoms with van der Waals surface area (Å²) in [6.45, 7) is 6.69. The molecule has 1 aliphatic rings. The molecular formula is C12H22N4O. The molecule has 96 valence electrons. The van der Waals surface area contributed by atoms with E-state index in [0.29, 0.717) is 13.1 Å². The maximum absolute atomic E-state index is 5.64. The predicted molar refractivity (Wildman–Crippen MR) is 70.1 cm³/mol. The average molecular weight is 238 g/mol. The lowest BCUT2D eigenvalue weighted by Crippen LogP contribution is -2.43. The van der Waals surface area contributed by atoms with E-state index >= 15 is 0 Å². The zero-order valence-corrected chi connectivity index (χ0v) is 10.7. The van der Waals surface area contributed by atoms with Crippen molar-refractivity contribution in [1.82, 2.24) is 15.5 Å². The third-order valence-electron chi connectivity index (χ3n) is 2.50. The van der Waals surface area contributed by atoms with Crippen LogP contribution in [0.3, 0.4) is 0 Å². The highest BCUT2D eigenvalue weighted by molar-refractivity contribution is 5.79. The SMILES string of the molecule is C#CCNC(=NCC1CN(C)CCO1)NCC. The third kappa shape index (κ3) is 5.57. The van der Waals surface area contributed by atoms with Gasteiger partial charge in [0.15, 0.2) is 5.96 Å². The fourth-order valence-electron chi connectivity index (χ4n) is 1.65. The molecule has 0 aromatic rings. The number of terminal acetylenes is 1. The fourth-order valence-corrected chi connectivity index (χ4v) is 1.65. The molecule has 1 unspecified atom stereocenters. The summed E-state index contributed by atoms with van der Waals surface area (Å²) in [6, 6.07) is 0. The van der Waals surface area contributed by atoms with Gasteiger partial charge in [-0.15, -0.1) is 6.42 Å². The number of ether oxygens (including phenoxy) is 1. The molecule has 17 heavy (non-hydrogen) atoms. The average Bonchev–Trinajstić information content (AvgIpc) is 2.33. The molecule has 1 saturated heterocycles.